The molecule has 0 unspecified atom stereocenters. The second-order valence-corrected chi connectivity index (χ2v) is 5.34. The molecule has 0 radical (unpaired) electrons. The highest BCUT2D eigenvalue weighted by molar-refractivity contribution is 5.79. The molecule has 4 N–H and O–H groups in total. The predicted molar refractivity (Wildman–Crippen MR) is 78.1 cm³/mol. The zero-order chi connectivity index (χ0) is 15.4. The summed E-state index contributed by atoms with van der Waals surface area (Å²) >= 11 is 0. The van der Waals surface area contributed by atoms with Crippen LogP contribution in [0.1, 0.15) is 30.4 Å². The summed E-state index contributed by atoms with van der Waals surface area (Å²) in [6, 6.07) is -0.312. The van der Waals surface area contributed by atoms with Crippen LogP contribution in [-0.4, -0.2) is 46.2 Å². The summed E-state index contributed by atoms with van der Waals surface area (Å²) in [5, 5.41) is 15.7. The van der Waals surface area contributed by atoms with E-state index in [4.69, 9.17) is 0 Å². The van der Waals surface area contributed by atoms with Gasteiger partial charge in [-0.2, -0.15) is 0 Å². The van der Waals surface area contributed by atoms with Gasteiger partial charge in [0.1, 0.15) is 5.82 Å². The highest BCUT2D eigenvalue weighted by Gasteiger charge is 2.24. The topological polar surface area (TPSA) is 107 Å². The zero-order valence-electron chi connectivity index (χ0n) is 12.4. The number of carbonyl (C=O) groups is 1. The van der Waals surface area contributed by atoms with Gasteiger partial charge in [-0.1, -0.05) is 6.92 Å². The standard InChI is InChI=1S/C14H22N4O3/c1-3-12-16-8(2)9(14(21)18-12)6-13(20)17-10-7-15-5-4-11(10)19/h10-11,15,19H,3-7H2,1-2H3,(H,17,20)(H,16,18,21)/t10-,11+/m0/s1. The average molecular weight is 294 g/mol. The highest BCUT2D eigenvalue weighted by Crippen LogP contribution is 2.05. The zero-order valence-corrected chi connectivity index (χ0v) is 12.4. The fourth-order valence-corrected chi connectivity index (χ4v) is 2.45. The van der Waals surface area contributed by atoms with E-state index in [2.05, 4.69) is 20.6 Å². The molecule has 21 heavy (non-hydrogen) atoms. The lowest BCUT2D eigenvalue weighted by atomic mass is 10.0. The predicted octanol–water partition coefficient (Wildman–Crippen LogP) is -0.978. The molecule has 2 heterocycles. The van der Waals surface area contributed by atoms with Crippen molar-refractivity contribution in [1.82, 2.24) is 20.6 Å². The monoisotopic (exact) mass is 294 g/mol. The molecular weight excluding hydrogens is 272 g/mol. The third-order valence-electron chi connectivity index (χ3n) is 3.74. The van der Waals surface area contributed by atoms with E-state index in [-0.39, 0.29) is 23.9 Å². The van der Waals surface area contributed by atoms with Crippen LogP contribution in [0.4, 0.5) is 0 Å². The van der Waals surface area contributed by atoms with Crippen LogP contribution in [0.2, 0.25) is 0 Å². The van der Waals surface area contributed by atoms with E-state index >= 15 is 0 Å². The van der Waals surface area contributed by atoms with Crippen molar-refractivity contribution in [1.29, 1.82) is 0 Å². The normalized spacial score (nSPS) is 22.0. The Morgan fingerprint density at radius 1 is 1.52 bits per heavy atom. The summed E-state index contributed by atoms with van der Waals surface area (Å²) in [6.07, 6.45) is 0.677. The first-order chi connectivity index (χ1) is 10.0. The molecular formula is C14H22N4O3. The van der Waals surface area contributed by atoms with Gasteiger partial charge in [0.25, 0.3) is 5.56 Å². The number of rotatable bonds is 4. The summed E-state index contributed by atoms with van der Waals surface area (Å²) in [5.74, 6) is 0.343. The minimum absolute atomic E-state index is 0.0264. The van der Waals surface area contributed by atoms with Gasteiger partial charge in [0.2, 0.25) is 5.91 Å². The molecule has 1 aromatic rings. The number of carbonyl (C=O) groups excluding carboxylic acids is 1. The Morgan fingerprint density at radius 2 is 2.29 bits per heavy atom. The van der Waals surface area contributed by atoms with Crippen LogP contribution in [0.15, 0.2) is 4.79 Å². The third kappa shape index (κ3) is 3.89. The van der Waals surface area contributed by atoms with Crippen molar-refractivity contribution >= 4 is 5.91 Å². The molecule has 1 saturated heterocycles. The Kier molecular flexibility index (Phi) is 5.08. The molecule has 0 spiro atoms. The van der Waals surface area contributed by atoms with Gasteiger partial charge < -0.3 is 20.7 Å². The maximum Gasteiger partial charge on any atom is 0.254 e. The molecule has 2 rings (SSSR count). The molecule has 1 aliphatic rings. The van der Waals surface area contributed by atoms with Crippen LogP contribution in [0, 0.1) is 6.92 Å². The van der Waals surface area contributed by atoms with Crippen LogP contribution in [-0.2, 0) is 17.6 Å². The van der Waals surface area contributed by atoms with Crippen molar-refractivity contribution in [2.45, 2.75) is 45.3 Å². The van der Waals surface area contributed by atoms with Gasteiger partial charge in [-0.25, -0.2) is 4.98 Å². The third-order valence-corrected chi connectivity index (χ3v) is 3.74. The van der Waals surface area contributed by atoms with E-state index < -0.39 is 6.10 Å². The molecule has 116 valence electrons. The summed E-state index contributed by atoms with van der Waals surface area (Å²) in [5.41, 5.74) is 0.688. The molecule has 1 fully saturated rings. The molecule has 0 aliphatic carbocycles. The van der Waals surface area contributed by atoms with Crippen LogP contribution in [0.5, 0.6) is 0 Å². The number of hydrogen-bond donors (Lipinski definition) is 4. The van der Waals surface area contributed by atoms with E-state index in [1.807, 2.05) is 6.92 Å². The molecule has 7 nitrogen and oxygen atoms in total. The number of aliphatic hydroxyl groups excluding tert-OH is 1. The molecule has 1 aromatic heterocycles. The van der Waals surface area contributed by atoms with Crippen molar-refractivity contribution in [3.05, 3.63) is 27.4 Å². The minimum Gasteiger partial charge on any atom is -0.391 e. The first kappa shape index (κ1) is 15.7. The Balaban J connectivity index is 2.04. The van der Waals surface area contributed by atoms with E-state index in [1.54, 1.807) is 6.92 Å². The van der Waals surface area contributed by atoms with E-state index in [0.29, 0.717) is 36.5 Å². The van der Waals surface area contributed by atoms with E-state index in [1.165, 1.54) is 0 Å². The van der Waals surface area contributed by atoms with Crippen molar-refractivity contribution < 1.29 is 9.90 Å². The summed E-state index contributed by atoms with van der Waals surface area (Å²) in [4.78, 5) is 31.0. The molecule has 1 aliphatic heterocycles. The molecule has 1 amide bonds. The van der Waals surface area contributed by atoms with Crippen LogP contribution >= 0.6 is 0 Å². The van der Waals surface area contributed by atoms with Crippen LogP contribution in [0.3, 0.4) is 0 Å². The fraction of sp³-hybridized carbons (Fsp3) is 0.643. The lowest BCUT2D eigenvalue weighted by Gasteiger charge is -2.29. The molecule has 7 heteroatoms. The van der Waals surface area contributed by atoms with Gasteiger partial charge in [0, 0.05) is 24.2 Å². The lowest BCUT2D eigenvalue weighted by Crippen LogP contribution is -2.54. The second-order valence-electron chi connectivity index (χ2n) is 5.34. The van der Waals surface area contributed by atoms with E-state index in [9.17, 15) is 14.7 Å². The van der Waals surface area contributed by atoms with Gasteiger partial charge in [0.15, 0.2) is 0 Å². The lowest BCUT2D eigenvalue weighted by molar-refractivity contribution is -0.122. The van der Waals surface area contributed by atoms with Crippen LogP contribution < -0.4 is 16.2 Å². The Morgan fingerprint density at radius 3 is 2.90 bits per heavy atom. The number of amides is 1. The largest absolute Gasteiger partial charge is 0.391 e. The van der Waals surface area contributed by atoms with Crippen molar-refractivity contribution in [3.8, 4) is 0 Å². The van der Waals surface area contributed by atoms with E-state index in [0.717, 1.165) is 6.54 Å². The Bertz CT molecular complexity index is 570. The number of H-pyrrole nitrogens is 1. The summed E-state index contributed by atoms with van der Waals surface area (Å²) in [6.45, 7) is 4.92. The average Bonchev–Trinajstić information content (AvgIpc) is 2.45. The number of nitrogens with one attached hydrogen (secondary N) is 3. The molecule has 0 saturated carbocycles. The van der Waals surface area contributed by atoms with Crippen molar-refractivity contribution in [2.75, 3.05) is 13.1 Å². The Labute approximate surface area is 123 Å². The van der Waals surface area contributed by atoms with Gasteiger partial charge in [-0.3, -0.25) is 9.59 Å². The fourth-order valence-electron chi connectivity index (χ4n) is 2.45. The SMILES string of the molecule is CCc1nc(C)c(CC(=O)N[C@H]2CNCC[C@H]2O)c(=O)[nH]1. The number of piperidine rings is 1. The number of aliphatic hydroxyl groups is 1. The molecule has 0 bridgehead atoms. The summed E-state index contributed by atoms with van der Waals surface area (Å²) < 4.78 is 0. The number of nitrogens with zero attached hydrogens (tertiary/aromatic N) is 1. The quantitative estimate of drug-likeness (QED) is 0.571. The number of hydrogen-bond acceptors (Lipinski definition) is 5. The maximum absolute atomic E-state index is 12.1. The number of aromatic nitrogens is 2. The minimum atomic E-state index is -0.546. The first-order valence-electron chi connectivity index (χ1n) is 7.28. The van der Waals surface area contributed by atoms with Gasteiger partial charge in [0.05, 0.1) is 18.6 Å². The van der Waals surface area contributed by atoms with Crippen molar-refractivity contribution in [3.63, 3.8) is 0 Å². The van der Waals surface area contributed by atoms with Gasteiger partial charge >= 0.3 is 0 Å². The maximum atomic E-state index is 12.1. The van der Waals surface area contributed by atoms with Gasteiger partial charge in [-0.15, -0.1) is 0 Å². The first-order valence-corrected chi connectivity index (χ1v) is 7.28. The molecule has 2 atom stereocenters. The molecule has 0 aromatic carbocycles. The van der Waals surface area contributed by atoms with Crippen molar-refractivity contribution in [2.24, 2.45) is 0 Å². The highest BCUT2D eigenvalue weighted by atomic mass is 16.3. The van der Waals surface area contributed by atoms with Crippen LogP contribution in [0.25, 0.3) is 0 Å². The second kappa shape index (κ2) is 6.82. The van der Waals surface area contributed by atoms with Gasteiger partial charge in [-0.05, 0) is 19.9 Å². The Hall–Kier alpha value is -1.73. The number of aryl methyl sites for hydroxylation is 2. The number of aromatic amines is 1. The summed E-state index contributed by atoms with van der Waals surface area (Å²) in [7, 11) is 0. The smallest absolute Gasteiger partial charge is 0.254 e.